The van der Waals surface area contributed by atoms with E-state index in [2.05, 4.69) is 0 Å². The Morgan fingerprint density at radius 1 is 0.571 bits per heavy atom. The molecule has 0 N–H and O–H groups in total. The van der Waals surface area contributed by atoms with Crippen LogP contribution in [0.25, 0.3) is 10.8 Å². The molecule has 8 radical (unpaired) electrons. The van der Waals surface area contributed by atoms with Crippen LogP contribution in [0.3, 0.4) is 0 Å². The molecule has 0 heteroatoms. The molecular weight excluding hydrogens is 168 g/mol. The number of hydrogen-bond donors (Lipinski definition) is 0. The van der Waals surface area contributed by atoms with Crippen LogP contribution in [0, 0.1) is 27.7 Å². The largest absolute Gasteiger partial charge is 0.0545 e. The summed E-state index contributed by atoms with van der Waals surface area (Å²) in [6.45, 7) is 22.9. The molecule has 0 nitrogen and oxygen atoms in total. The van der Waals surface area contributed by atoms with Crippen LogP contribution in [-0.4, -0.2) is 0 Å². The molecule has 0 amide bonds. The zero-order valence-corrected chi connectivity index (χ0v) is 7.62. The van der Waals surface area contributed by atoms with Gasteiger partial charge in [0.1, 0.15) is 0 Å². The Bertz CT molecular complexity index is 446. The summed E-state index contributed by atoms with van der Waals surface area (Å²) in [7, 11) is 0. The van der Waals surface area contributed by atoms with Crippen molar-refractivity contribution in [2.45, 2.75) is 0 Å². The topological polar surface area (TPSA) is 0 Å². The molecule has 0 aliphatic heterocycles. The SMILES string of the molecule is [CH]c1cc([CH])c2cc([CH])cc([CH])c2c1. The monoisotopic (exact) mass is 176 g/mol. The fourth-order valence-corrected chi connectivity index (χ4v) is 1.56. The van der Waals surface area contributed by atoms with Crippen molar-refractivity contribution in [3.05, 3.63) is 74.2 Å². The first-order chi connectivity index (χ1) is 6.58. The second kappa shape index (κ2) is 3.13. The average Bonchev–Trinajstić information content (AvgIpc) is 2.07. The Balaban J connectivity index is 2.94. The van der Waals surface area contributed by atoms with Crippen molar-refractivity contribution in [1.82, 2.24) is 0 Å². The van der Waals surface area contributed by atoms with Gasteiger partial charge in [-0.05, 0) is 60.7 Å². The van der Waals surface area contributed by atoms with E-state index in [-0.39, 0.29) is 0 Å². The van der Waals surface area contributed by atoms with Crippen molar-refractivity contribution in [1.29, 1.82) is 0 Å². The molecule has 0 saturated carbocycles. The Labute approximate surface area is 85.6 Å². The van der Waals surface area contributed by atoms with Crippen LogP contribution in [0.5, 0.6) is 0 Å². The minimum absolute atomic E-state index is 0.596. The maximum absolute atomic E-state index is 5.80. The maximum Gasteiger partial charge on any atom is -0.000534 e. The fourth-order valence-electron chi connectivity index (χ4n) is 1.56. The summed E-state index contributed by atoms with van der Waals surface area (Å²) < 4.78 is 0. The minimum Gasteiger partial charge on any atom is -0.0545 e. The van der Waals surface area contributed by atoms with E-state index in [0.29, 0.717) is 22.3 Å². The zero-order valence-electron chi connectivity index (χ0n) is 7.62. The lowest BCUT2D eigenvalue weighted by Gasteiger charge is -2.07. The molecule has 0 bridgehead atoms. The van der Waals surface area contributed by atoms with E-state index < -0.39 is 0 Å². The number of hydrogen-bond acceptors (Lipinski definition) is 0. The van der Waals surface area contributed by atoms with Crippen LogP contribution < -0.4 is 0 Å². The van der Waals surface area contributed by atoms with E-state index in [1.165, 1.54) is 0 Å². The van der Waals surface area contributed by atoms with Gasteiger partial charge in [0.2, 0.25) is 0 Å². The van der Waals surface area contributed by atoms with Gasteiger partial charge >= 0.3 is 0 Å². The Morgan fingerprint density at radius 3 is 1.29 bits per heavy atom. The first kappa shape index (κ1) is 9.26. The molecule has 0 fully saturated rings. The van der Waals surface area contributed by atoms with Crippen LogP contribution >= 0.6 is 0 Å². The Morgan fingerprint density at radius 2 is 0.929 bits per heavy atom. The molecule has 2 aromatic rings. The smallest absolute Gasteiger partial charge is 0.000534 e. The highest BCUT2D eigenvalue weighted by Gasteiger charge is 2.02. The summed E-state index contributed by atoms with van der Waals surface area (Å²) in [5, 5.41) is 1.69. The highest BCUT2D eigenvalue weighted by Crippen LogP contribution is 2.24. The van der Waals surface area contributed by atoms with Crippen LogP contribution in [0.2, 0.25) is 0 Å². The number of benzene rings is 2. The second-order valence-electron chi connectivity index (χ2n) is 3.32. The minimum atomic E-state index is 0.596. The molecule has 0 aliphatic carbocycles. The van der Waals surface area contributed by atoms with Gasteiger partial charge in [-0.15, -0.1) is 0 Å². The lowest BCUT2D eigenvalue weighted by molar-refractivity contribution is 1.55. The molecule has 0 aromatic heterocycles. The third kappa shape index (κ3) is 1.41. The molecule has 2 aromatic carbocycles. The molecule has 0 atom stereocenters. The van der Waals surface area contributed by atoms with Crippen LogP contribution in [0.15, 0.2) is 24.3 Å². The highest BCUT2D eigenvalue weighted by atomic mass is 14.1. The van der Waals surface area contributed by atoms with Gasteiger partial charge in [-0.2, -0.15) is 0 Å². The van der Waals surface area contributed by atoms with Gasteiger partial charge in [-0.25, -0.2) is 0 Å². The summed E-state index contributed by atoms with van der Waals surface area (Å²) >= 11 is 0. The van der Waals surface area contributed by atoms with E-state index in [0.717, 1.165) is 10.8 Å². The van der Waals surface area contributed by atoms with Crippen molar-refractivity contribution < 1.29 is 0 Å². The third-order valence-corrected chi connectivity index (χ3v) is 2.18. The quantitative estimate of drug-likeness (QED) is 0.578. The van der Waals surface area contributed by atoms with E-state index in [4.69, 9.17) is 27.7 Å². The van der Waals surface area contributed by atoms with Gasteiger partial charge in [-0.3, -0.25) is 0 Å². The maximum atomic E-state index is 5.80. The molecule has 14 heavy (non-hydrogen) atoms. The second-order valence-corrected chi connectivity index (χ2v) is 3.32. The molecule has 64 valence electrons. The van der Waals surface area contributed by atoms with Gasteiger partial charge < -0.3 is 0 Å². The summed E-state index contributed by atoms with van der Waals surface area (Å²) in [6, 6.07) is 6.98. The molecule has 2 rings (SSSR count). The number of fused-ring (bicyclic) bond motifs is 1. The van der Waals surface area contributed by atoms with Crippen molar-refractivity contribution in [2.75, 3.05) is 0 Å². The third-order valence-electron chi connectivity index (χ3n) is 2.18. The first-order valence-electron chi connectivity index (χ1n) is 4.21. The number of rotatable bonds is 0. The van der Waals surface area contributed by atoms with E-state index in [9.17, 15) is 0 Å². The predicted octanol–water partition coefficient (Wildman–Crippen LogP) is 3.08. The highest BCUT2D eigenvalue weighted by molar-refractivity contribution is 5.91. The van der Waals surface area contributed by atoms with Crippen LogP contribution in [0.4, 0.5) is 0 Å². The Hall–Kier alpha value is -1.30. The molecule has 0 aliphatic rings. The molecule has 0 unspecified atom stereocenters. The van der Waals surface area contributed by atoms with E-state index >= 15 is 0 Å². The molecular formula is C14H8. The van der Waals surface area contributed by atoms with Gasteiger partial charge in [0.05, 0.1) is 0 Å². The van der Waals surface area contributed by atoms with Crippen molar-refractivity contribution in [2.24, 2.45) is 0 Å². The summed E-state index contributed by atoms with van der Waals surface area (Å²) in [6.07, 6.45) is 0. The standard InChI is InChI=1S/C14H8/c1-9-5-11(3)14-8-10(2)6-12(4)13(14)7-9/h1-8H. The lowest BCUT2D eigenvalue weighted by atomic mass is 9.97. The van der Waals surface area contributed by atoms with Crippen LogP contribution in [-0.2, 0) is 0 Å². The normalized spacial score (nSPS) is 10.9. The first-order valence-corrected chi connectivity index (χ1v) is 4.21. The van der Waals surface area contributed by atoms with E-state index in [1.54, 1.807) is 24.3 Å². The van der Waals surface area contributed by atoms with Crippen molar-refractivity contribution in [3.8, 4) is 0 Å². The predicted molar refractivity (Wildman–Crippen MR) is 57.6 cm³/mol. The van der Waals surface area contributed by atoms with Gasteiger partial charge in [-0.1, -0.05) is 24.3 Å². The van der Waals surface area contributed by atoms with Crippen molar-refractivity contribution >= 4 is 10.8 Å². The van der Waals surface area contributed by atoms with Crippen molar-refractivity contribution in [3.63, 3.8) is 0 Å². The average molecular weight is 176 g/mol. The molecule has 0 saturated heterocycles. The van der Waals surface area contributed by atoms with Gasteiger partial charge in [0.15, 0.2) is 0 Å². The summed E-state index contributed by atoms with van der Waals surface area (Å²) in [4.78, 5) is 0. The molecule has 0 heterocycles. The van der Waals surface area contributed by atoms with Crippen LogP contribution in [0.1, 0.15) is 22.3 Å². The van der Waals surface area contributed by atoms with Gasteiger partial charge in [0.25, 0.3) is 0 Å². The zero-order chi connectivity index (χ0) is 10.3. The summed E-state index contributed by atoms with van der Waals surface area (Å²) in [5.41, 5.74) is 2.40. The van der Waals surface area contributed by atoms with E-state index in [1.807, 2.05) is 0 Å². The Kier molecular flexibility index (Phi) is 2.07. The lowest BCUT2D eigenvalue weighted by Crippen LogP contribution is -1.86. The fraction of sp³-hybridized carbons (Fsp3) is 0. The summed E-state index contributed by atoms with van der Waals surface area (Å²) in [5.74, 6) is 0. The molecule has 0 spiro atoms. The van der Waals surface area contributed by atoms with Gasteiger partial charge in [0, 0.05) is 0 Å².